The van der Waals surface area contributed by atoms with Gasteiger partial charge in [0.2, 0.25) is 53.2 Å². The molecular formula is C44H68IN11O14. The van der Waals surface area contributed by atoms with Gasteiger partial charge in [-0.25, -0.2) is 4.79 Å². The number of nitrogens with zero attached hydrogens (tertiary/aromatic N) is 1. The van der Waals surface area contributed by atoms with Gasteiger partial charge in [-0.3, -0.25) is 47.9 Å². The van der Waals surface area contributed by atoms with Crippen molar-refractivity contribution in [3.05, 3.63) is 33.4 Å². The van der Waals surface area contributed by atoms with E-state index in [0.29, 0.717) is 18.4 Å². The van der Waals surface area contributed by atoms with Gasteiger partial charge in [0.25, 0.3) is 0 Å². The van der Waals surface area contributed by atoms with Crippen LogP contribution in [0.2, 0.25) is 0 Å². The van der Waals surface area contributed by atoms with Crippen molar-refractivity contribution in [2.75, 3.05) is 19.7 Å². The van der Waals surface area contributed by atoms with E-state index in [4.69, 9.17) is 22.3 Å². The number of aliphatic hydroxyl groups is 1. The predicted molar refractivity (Wildman–Crippen MR) is 258 cm³/mol. The second-order valence-electron chi connectivity index (χ2n) is 17.3. The number of carbonyl (C=O) groups is 11. The van der Waals surface area contributed by atoms with Crippen LogP contribution in [0.15, 0.2) is 24.3 Å². The van der Waals surface area contributed by atoms with Gasteiger partial charge >= 0.3 is 11.9 Å². The van der Waals surface area contributed by atoms with Crippen LogP contribution in [0.3, 0.4) is 0 Å². The summed E-state index contributed by atoms with van der Waals surface area (Å²) in [5.41, 5.74) is 17.3. The fourth-order valence-corrected chi connectivity index (χ4v) is 7.50. The number of carbonyl (C=O) groups excluding carboxylic acids is 9. The van der Waals surface area contributed by atoms with Gasteiger partial charge < -0.3 is 74.6 Å². The summed E-state index contributed by atoms with van der Waals surface area (Å²) in [5.74, 6) is -10.7. The molecule has 0 aliphatic carbocycles. The molecule has 1 saturated heterocycles. The van der Waals surface area contributed by atoms with E-state index in [2.05, 4.69) is 59.8 Å². The zero-order valence-corrected chi connectivity index (χ0v) is 41.8. The second kappa shape index (κ2) is 29.9. The van der Waals surface area contributed by atoms with Gasteiger partial charge in [0.05, 0.1) is 12.6 Å². The highest BCUT2D eigenvalue weighted by Crippen LogP contribution is 2.21. The molecule has 70 heavy (non-hydrogen) atoms. The molecule has 1 aliphatic rings. The number of carboxylic acid groups (broad SMARTS) is 2. The number of amides is 9. The number of nitrogens with one attached hydrogen (secondary N) is 7. The molecule has 0 saturated carbocycles. The molecule has 0 radical (unpaired) electrons. The van der Waals surface area contributed by atoms with Gasteiger partial charge in [-0.05, 0) is 112 Å². The summed E-state index contributed by atoms with van der Waals surface area (Å²) in [7, 11) is 0. The van der Waals surface area contributed by atoms with E-state index in [0.717, 1.165) is 3.57 Å². The first-order chi connectivity index (χ1) is 32.9. The number of likely N-dealkylation sites (tertiary alicyclic amines) is 1. The van der Waals surface area contributed by atoms with Gasteiger partial charge in [0.1, 0.15) is 48.3 Å². The summed E-state index contributed by atoms with van der Waals surface area (Å²) in [5, 5.41) is 45.5. The van der Waals surface area contributed by atoms with Crippen LogP contribution in [0.25, 0.3) is 0 Å². The monoisotopic (exact) mass is 1100 g/mol. The molecule has 25 nitrogen and oxygen atoms in total. The Morgan fingerprint density at radius 3 is 1.77 bits per heavy atom. The average Bonchev–Trinajstić information content (AvgIpc) is 3.79. The zero-order valence-electron chi connectivity index (χ0n) is 39.7. The van der Waals surface area contributed by atoms with Crippen LogP contribution in [-0.4, -0.2) is 159 Å². The fraction of sp³-hybridized carbons (Fsp3) is 0.614. The maximum absolute atomic E-state index is 14.0. The maximum atomic E-state index is 14.0. The van der Waals surface area contributed by atoms with Gasteiger partial charge in [-0.2, -0.15) is 0 Å². The minimum atomic E-state index is -1.75. The van der Waals surface area contributed by atoms with E-state index in [9.17, 15) is 63.0 Å². The van der Waals surface area contributed by atoms with Crippen LogP contribution in [0, 0.1) is 9.49 Å². The van der Waals surface area contributed by atoms with Crippen molar-refractivity contribution in [1.82, 2.24) is 42.1 Å². The number of hydrogen-bond acceptors (Lipinski definition) is 14. The number of halogens is 1. The first-order valence-electron chi connectivity index (χ1n) is 22.9. The molecule has 0 aromatic heterocycles. The molecule has 1 aromatic carbocycles. The van der Waals surface area contributed by atoms with E-state index in [1.54, 1.807) is 38.1 Å². The van der Waals surface area contributed by atoms with Crippen molar-refractivity contribution < 1.29 is 68.1 Å². The lowest BCUT2D eigenvalue weighted by Gasteiger charge is -2.31. The van der Waals surface area contributed by atoms with Crippen LogP contribution in [0.5, 0.6) is 0 Å². The van der Waals surface area contributed by atoms with Crippen molar-refractivity contribution in [3.8, 4) is 0 Å². The number of aliphatic hydroxyl groups excluding tert-OH is 1. The molecule has 1 aliphatic heterocycles. The number of primary amides is 1. The minimum Gasteiger partial charge on any atom is -0.481 e. The average molecular weight is 1100 g/mol. The zero-order chi connectivity index (χ0) is 52.8. The summed E-state index contributed by atoms with van der Waals surface area (Å²) < 4.78 is 0.893. The largest absolute Gasteiger partial charge is 0.481 e. The molecule has 2 rings (SSSR count). The Morgan fingerprint density at radius 2 is 1.23 bits per heavy atom. The van der Waals surface area contributed by atoms with E-state index in [1.165, 1.54) is 18.7 Å². The molecule has 0 spiro atoms. The number of carboxylic acids is 2. The third-order valence-corrected chi connectivity index (χ3v) is 11.9. The highest BCUT2D eigenvalue weighted by atomic mass is 127. The van der Waals surface area contributed by atoms with Crippen molar-refractivity contribution in [1.29, 1.82) is 0 Å². The summed E-state index contributed by atoms with van der Waals surface area (Å²) in [6.45, 7) is 5.60. The Labute approximate surface area is 418 Å². The number of aliphatic carboxylic acids is 2. The number of unbranched alkanes of at least 4 members (excludes halogenated alkanes) is 1. The predicted octanol–water partition coefficient (Wildman–Crippen LogP) is -3.42. The number of nitrogens with two attached hydrogens (primary N) is 3. The smallest absolute Gasteiger partial charge is 0.326 e. The molecule has 1 heterocycles. The Hall–Kier alpha value is -6.00. The summed E-state index contributed by atoms with van der Waals surface area (Å²) in [6, 6.07) is -4.94. The third-order valence-electron chi connectivity index (χ3n) is 11.2. The lowest BCUT2D eigenvalue weighted by atomic mass is 10.0. The number of hydrogen-bond donors (Lipinski definition) is 13. The van der Waals surface area contributed by atoms with E-state index >= 15 is 0 Å². The van der Waals surface area contributed by atoms with Gasteiger partial charge in [-0.15, -0.1) is 0 Å². The Bertz CT molecular complexity index is 2030. The molecule has 0 unspecified atom stereocenters. The van der Waals surface area contributed by atoms with E-state index in [-0.39, 0.29) is 51.1 Å². The third kappa shape index (κ3) is 20.2. The molecule has 26 heteroatoms. The van der Waals surface area contributed by atoms with Gasteiger partial charge in [0, 0.05) is 29.4 Å². The van der Waals surface area contributed by atoms with Crippen molar-refractivity contribution in [2.45, 2.75) is 146 Å². The SMILES string of the molecule is CC(C)[C@H](NC(=O)[C@H](C)N)C(=O)N1CCC[C@H]1C(=O)N[C@@H](Cc1ccc(I)cc1)C(=O)N[C@@H](C)C(=O)N[C@@H](CCC(N)=O)C(=O)N[C@@H](CCCCN)C(=O)N[C@@H](CO)C(=O)N[C@@H](CCC(=O)O)C(=O)O. The Morgan fingerprint density at radius 1 is 0.686 bits per heavy atom. The number of benzene rings is 1. The van der Waals surface area contributed by atoms with E-state index in [1.807, 2.05) is 0 Å². The normalized spacial score (nSPS) is 16.7. The molecule has 1 aromatic rings. The molecule has 16 N–H and O–H groups in total. The number of rotatable bonds is 30. The summed E-state index contributed by atoms with van der Waals surface area (Å²) in [4.78, 5) is 144. The molecule has 9 amide bonds. The molecule has 1 fully saturated rings. The highest BCUT2D eigenvalue weighted by molar-refractivity contribution is 14.1. The lowest BCUT2D eigenvalue weighted by molar-refractivity contribution is -0.144. The summed E-state index contributed by atoms with van der Waals surface area (Å²) >= 11 is 2.10. The Balaban J connectivity index is 2.32. The van der Waals surface area contributed by atoms with Crippen LogP contribution < -0.4 is 54.4 Å². The van der Waals surface area contributed by atoms with Crippen LogP contribution in [0.4, 0.5) is 0 Å². The summed E-state index contributed by atoms with van der Waals surface area (Å²) in [6.07, 6.45) is -0.728. The maximum Gasteiger partial charge on any atom is 0.326 e. The van der Waals surface area contributed by atoms with Crippen molar-refractivity contribution in [3.63, 3.8) is 0 Å². The lowest BCUT2D eigenvalue weighted by Crippen LogP contribution is -2.60. The van der Waals surface area contributed by atoms with Gasteiger partial charge in [-0.1, -0.05) is 26.0 Å². The molecular weight excluding hydrogens is 1030 g/mol. The highest BCUT2D eigenvalue weighted by Gasteiger charge is 2.40. The van der Waals surface area contributed by atoms with Crippen LogP contribution >= 0.6 is 22.6 Å². The van der Waals surface area contributed by atoms with Crippen LogP contribution in [-0.2, 0) is 59.2 Å². The van der Waals surface area contributed by atoms with Crippen LogP contribution in [0.1, 0.15) is 91.0 Å². The Kier molecular flexibility index (Phi) is 25.7. The quantitative estimate of drug-likeness (QED) is 0.0264. The fourth-order valence-electron chi connectivity index (χ4n) is 7.14. The minimum absolute atomic E-state index is 0.0521. The molecule has 9 atom stereocenters. The van der Waals surface area contributed by atoms with Crippen molar-refractivity contribution >= 4 is 87.7 Å². The molecule has 390 valence electrons. The van der Waals surface area contributed by atoms with E-state index < -0.39 is 145 Å². The molecule has 0 bridgehead atoms. The van der Waals surface area contributed by atoms with Crippen molar-refractivity contribution in [2.24, 2.45) is 23.1 Å². The second-order valence-corrected chi connectivity index (χ2v) is 18.6. The first kappa shape index (κ1) is 60.1. The standard InChI is InChI=1S/C44H68IN11O14/c1-22(2)35(55-36(61)23(3)47)43(68)56-19-7-9-32(56)42(67)53-30(20-25-10-12-26(45)13-11-25)40(65)49-24(4)37(62)50-28(14-16-33(48)58)39(64)51-27(8-5-6-18-46)38(63)54-31(21-57)41(66)52-29(44(69)70)15-17-34(59)60/h10-13,22-24,27-32,35,57H,5-9,14-21,46-47H2,1-4H3,(H2,48,58)(H,49,65)(H,50,62)(H,51,64)(H,52,66)(H,53,67)(H,54,63)(H,55,61)(H,59,60)(H,69,70)/t23-,24-,27-,28-,29-,30-,31-,32-,35-/m0/s1. The topological polar surface area (TPSA) is 414 Å². The first-order valence-corrected chi connectivity index (χ1v) is 23.9. The van der Waals surface area contributed by atoms with Gasteiger partial charge in [0.15, 0.2) is 0 Å².